The Kier molecular flexibility index (Phi) is 3.55. The zero-order valence-corrected chi connectivity index (χ0v) is 11.0. The maximum atomic E-state index is 6.43. The van der Waals surface area contributed by atoms with Gasteiger partial charge in [0.25, 0.3) is 0 Å². The van der Waals surface area contributed by atoms with Gasteiger partial charge >= 0.3 is 0 Å². The lowest BCUT2D eigenvalue weighted by Gasteiger charge is -2.29. The van der Waals surface area contributed by atoms with E-state index in [0.29, 0.717) is 12.0 Å². The third-order valence-corrected chi connectivity index (χ3v) is 4.64. The van der Waals surface area contributed by atoms with Gasteiger partial charge in [0, 0.05) is 6.04 Å². The molecule has 18 heavy (non-hydrogen) atoms. The van der Waals surface area contributed by atoms with E-state index >= 15 is 0 Å². The van der Waals surface area contributed by atoms with Gasteiger partial charge in [-0.05, 0) is 49.1 Å². The monoisotopic (exact) mass is 245 g/mol. The van der Waals surface area contributed by atoms with E-state index in [-0.39, 0.29) is 0 Å². The molecule has 0 bridgehead atoms. The van der Waals surface area contributed by atoms with E-state index < -0.39 is 0 Å². The van der Waals surface area contributed by atoms with Crippen molar-refractivity contribution in [2.75, 3.05) is 6.61 Å². The molecule has 1 aliphatic heterocycles. The van der Waals surface area contributed by atoms with Gasteiger partial charge in [0.15, 0.2) is 0 Å². The third-order valence-electron chi connectivity index (χ3n) is 4.64. The SMILES string of the molecule is NC(CC1CCOc2ccccc21)C1CCCC1. The highest BCUT2D eigenvalue weighted by atomic mass is 16.5. The first-order chi connectivity index (χ1) is 8.84. The van der Waals surface area contributed by atoms with Crippen molar-refractivity contribution in [3.05, 3.63) is 29.8 Å². The van der Waals surface area contributed by atoms with E-state index in [0.717, 1.165) is 31.1 Å². The van der Waals surface area contributed by atoms with E-state index in [9.17, 15) is 0 Å². The molecule has 2 atom stereocenters. The van der Waals surface area contributed by atoms with E-state index in [2.05, 4.69) is 24.3 Å². The molecule has 0 spiro atoms. The van der Waals surface area contributed by atoms with E-state index in [1.807, 2.05) is 0 Å². The Labute approximate surface area is 110 Å². The second-order valence-corrected chi connectivity index (χ2v) is 5.82. The van der Waals surface area contributed by atoms with Gasteiger partial charge in [-0.1, -0.05) is 31.0 Å². The van der Waals surface area contributed by atoms with Crippen LogP contribution in [0.1, 0.15) is 50.0 Å². The Balaban J connectivity index is 1.70. The number of para-hydroxylation sites is 1. The predicted octanol–water partition coefficient (Wildman–Crippen LogP) is 3.46. The average molecular weight is 245 g/mol. The lowest BCUT2D eigenvalue weighted by Crippen LogP contribution is -2.31. The first kappa shape index (κ1) is 12.0. The Morgan fingerprint density at radius 2 is 1.94 bits per heavy atom. The van der Waals surface area contributed by atoms with Gasteiger partial charge in [0.2, 0.25) is 0 Å². The lowest BCUT2D eigenvalue weighted by molar-refractivity contribution is 0.251. The summed E-state index contributed by atoms with van der Waals surface area (Å²) in [6.45, 7) is 0.846. The smallest absolute Gasteiger partial charge is 0.122 e. The van der Waals surface area contributed by atoms with Crippen LogP contribution in [0, 0.1) is 5.92 Å². The molecule has 0 saturated heterocycles. The Hall–Kier alpha value is -1.02. The number of ether oxygens (including phenoxy) is 1. The van der Waals surface area contributed by atoms with E-state index in [1.54, 1.807) is 0 Å². The van der Waals surface area contributed by atoms with Gasteiger partial charge in [-0.2, -0.15) is 0 Å². The van der Waals surface area contributed by atoms with Crippen LogP contribution in [0.25, 0.3) is 0 Å². The normalized spacial score (nSPS) is 25.5. The van der Waals surface area contributed by atoms with Crippen molar-refractivity contribution >= 4 is 0 Å². The molecule has 2 N–H and O–H groups in total. The minimum Gasteiger partial charge on any atom is -0.493 e. The van der Waals surface area contributed by atoms with Crippen LogP contribution >= 0.6 is 0 Å². The summed E-state index contributed by atoms with van der Waals surface area (Å²) in [6, 6.07) is 8.84. The van der Waals surface area contributed by atoms with Crippen molar-refractivity contribution in [3.63, 3.8) is 0 Å². The van der Waals surface area contributed by atoms with Crippen molar-refractivity contribution in [1.82, 2.24) is 0 Å². The molecule has 0 radical (unpaired) electrons. The summed E-state index contributed by atoms with van der Waals surface area (Å²) in [7, 11) is 0. The number of hydrogen-bond donors (Lipinski definition) is 1. The minimum absolute atomic E-state index is 0.378. The molecular weight excluding hydrogens is 222 g/mol. The molecule has 1 fully saturated rings. The van der Waals surface area contributed by atoms with Crippen LogP contribution in [0.3, 0.4) is 0 Å². The summed E-state index contributed by atoms with van der Waals surface area (Å²) in [5.41, 5.74) is 7.80. The van der Waals surface area contributed by atoms with E-state index in [1.165, 1.54) is 31.2 Å². The van der Waals surface area contributed by atoms with Crippen LogP contribution in [-0.2, 0) is 0 Å². The topological polar surface area (TPSA) is 35.2 Å². The highest BCUT2D eigenvalue weighted by Gasteiger charge is 2.28. The van der Waals surface area contributed by atoms with Crippen molar-refractivity contribution in [3.8, 4) is 5.75 Å². The molecule has 98 valence electrons. The van der Waals surface area contributed by atoms with Gasteiger partial charge in [0.05, 0.1) is 6.61 Å². The number of nitrogens with two attached hydrogens (primary N) is 1. The second kappa shape index (κ2) is 5.31. The maximum Gasteiger partial charge on any atom is 0.122 e. The van der Waals surface area contributed by atoms with E-state index in [4.69, 9.17) is 10.5 Å². The summed E-state index contributed by atoms with van der Waals surface area (Å²) < 4.78 is 5.72. The Morgan fingerprint density at radius 3 is 2.78 bits per heavy atom. The first-order valence-electron chi connectivity index (χ1n) is 7.32. The van der Waals surface area contributed by atoms with Gasteiger partial charge in [-0.25, -0.2) is 0 Å². The fourth-order valence-corrected chi connectivity index (χ4v) is 3.57. The third kappa shape index (κ3) is 2.39. The quantitative estimate of drug-likeness (QED) is 0.885. The van der Waals surface area contributed by atoms with Crippen LogP contribution in [0.4, 0.5) is 0 Å². The van der Waals surface area contributed by atoms with Gasteiger partial charge < -0.3 is 10.5 Å². The zero-order chi connectivity index (χ0) is 12.4. The van der Waals surface area contributed by atoms with Crippen molar-refractivity contribution in [1.29, 1.82) is 0 Å². The van der Waals surface area contributed by atoms with Gasteiger partial charge in [0.1, 0.15) is 5.75 Å². The molecule has 0 aromatic heterocycles. The molecule has 2 heteroatoms. The van der Waals surface area contributed by atoms with Gasteiger partial charge in [-0.3, -0.25) is 0 Å². The van der Waals surface area contributed by atoms with Crippen LogP contribution in [-0.4, -0.2) is 12.6 Å². The zero-order valence-electron chi connectivity index (χ0n) is 11.0. The molecule has 2 nitrogen and oxygen atoms in total. The summed E-state index contributed by atoms with van der Waals surface area (Å²) in [5, 5.41) is 0. The van der Waals surface area contributed by atoms with Crippen LogP contribution in [0.2, 0.25) is 0 Å². The first-order valence-corrected chi connectivity index (χ1v) is 7.32. The molecule has 0 amide bonds. The minimum atomic E-state index is 0.378. The fourth-order valence-electron chi connectivity index (χ4n) is 3.57. The maximum absolute atomic E-state index is 6.43. The average Bonchev–Trinajstić information content (AvgIpc) is 2.93. The second-order valence-electron chi connectivity index (χ2n) is 5.82. The van der Waals surface area contributed by atoms with Crippen LogP contribution in [0.5, 0.6) is 5.75 Å². The standard InChI is InChI=1S/C16H23NO/c17-15(12-5-1-2-6-12)11-13-9-10-18-16-8-4-3-7-14(13)16/h3-4,7-8,12-13,15H,1-2,5-6,9-11,17H2. The summed E-state index contributed by atoms with van der Waals surface area (Å²) >= 11 is 0. The summed E-state index contributed by atoms with van der Waals surface area (Å²) in [5.74, 6) is 2.44. The lowest BCUT2D eigenvalue weighted by atomic mass is 9.83. The molecule has 1 aromatic rings. The number of benzene rings is 1. The van der Waals surface area contributed by atoms with Crippen LogP contribution in [0.15, 0.2) is 24.3 Å². The molecule has 1 aliphatic carbocycles. The number of fused-ring (bicyclic) bond motifs is 1. The van der Waals surface area contributed by atoms with Gasteiger partial charge in [-0.15, -0.1) is 0 Å². The summed E-state index contributed by atoms with van der Waals surface area (Å²) in [6.07, 6.45) is 7.69. The van der Waals surface area contributed by atoms with Crippen molar-refractivity contribution in [2.45, 2.75) is 50.5 Å². The molecule has 1 saturated carbocycles. The largest absolute Gasteiger partial charge is 0.493 e. The van der Waals surface area contributed by atoms with Crippen LogP contribution < -0.4 is 10.5 Å². The van der Waals surface area contributed by atoms with Crippen molar-refractivity contribution in [2.24, 2.45) is 11.7 Å². The number of hydrogen-bond acceptors (Lipinski definition) is 2. The summed E-state index contributed by atoms with van der Waals surface area (Å²) in [4.78, 5) is 0. The molecule has 1 heterocycles. The Bertz CT molecular complexity index is 398. The predicted molar refractivity (Wildman–Crippen MR) is 73.8 cm³/mol. The molecule has 3 rings (SSSR count). The molecule has 2 aliphatic rings. The number of rotatable bonds is 3. The van der Waals surface area contributed by atoms with Crippen molar-refractivity contribution < 1.29 is 4.74 Å². The fraction of sp³-hybridized carbons (Fsp3) is 0.625. The molecule has 2 unspecified atom stereocenters. The highest BCUT2D eigenvalue weighted by molar-refractivity contribution is 5.37. The molecular formula is C16H23NO. The highest BCUT2D eigenvalue weighted by Crippen LogP contribution is 2.38. The molecule has 1 aromatic carbocycles. The Morgan fingerprint density at radius 1 is 1.17 bits per heavy atom.